The number of nitrogens with zero attached hydrogens (tertiary/aromatic N) is 2. The normalized spacial score (nSPS) is 16.3. The number of carbonyl (C=O) groups excluding carboxylic acids is 1. The van der Waals surface area contributed by atoms with Crippen molar-refractivity contribution in [1.82, 2.24) is 4.90 Å². The molecule has 1 unspecified atom stereocenters. The van der Waals surface area contributed by atoms with Crippen molar-refractivity contribution in [2.24, 2.45) is 11.7 Å². The zero-order valence-corrected chi connectivity index (χ0v) is 13.8. The highest BCUT2D eigenvalue weighted by molar-refractivity contribution is 5.85. The highest BCUT2D eigenvalue weighted by Gasteiger charge is 2.26. The molecule has 0 aromatic heterocycles. The first kappa shape index (κ1) is 19.2. The number of non-ortho nitro benzene ring substituents is 1. The van der Waals surface area contributed by atoms with Gasteiger partial charge in [0.05, 0.1) is 4.92 Å². The first-order valence-corrected chi connectivity index (χ1v) is 7.41. The summed E-state index contributed by atoms with van der Waals surface area (Å²) in [6.45, 7) is 3.50. The van der Waals surface area contributed by atoms with E-state index in [0.29, 0.717) is 25.4 Å². The van der Waals surface area contributed by atoms with Gasteiger partial charge in [0.25, 0.3) is 5.69 Å². The second kappa shape index (κ2) is 8.69. The average Bonchev–Trinajstić information content (AvgIpc) is 2.54. The zero-order valence-electron chi connectivity index (χ0n) is 13.0. The second-order valence-electron chi connectivity index (χ2n) is 5.53. The van der Waals surface area contributed by atoms with Crippen molar-refractivity contribution in [2.45, 2.75) is 25.9 Å². The number of hydrogen-bond donors (Lipinski definition) is 1. The minimum atomic E-state index is -0.438. The summed E-state index contributed by atoms with van der Waals surface area (Å²) in [5, 5.41) is 10.6. The lowest BCUT2D eigenvalue weighted by molar-refractivity contribution is -0.384. The summed E-state index contributed by atoms with van der Waals surface area (Å²) in [5.74, 6) is 0.564. The van der Waals surface area contributed by atoms with Crippen LogP contribution >= 0.6 is 12.4 Å². The quantitative estimate of drug-likeness (QED) is 0.651. The minimum Gasteiger partial charge on any atom is -0.490 e. The monoisotopic (exact) mass is 343 g/mol. The third-order valence-electron chi connectivity index (χ3n) is 3.88. The largest absolute Gasteiger partial charge is 0.490 e. The summed E-state index contributed by atoms with van der Waals surface area (Å²) in [7, 11) is 0. The van der Waals surface area contributed by atoms with Crippen LogP contribution in [-0.4, -0.2) is 41.5 Å². The molecule has 0 bridgehead atoms. The van der Waals surface area contributed by atoms with Gasteiger partial charge in [0.15, 0.2) is 0 Å². The number of benzene rings is 1. The lowest BCUT2D eigenvalue weighted by atomic mass is 10.0. The summed E-state index contributed by atoms with van der Waals surface area (Å²) in [4.78, 5) is 24.0. The van der Waals surface area contributed by atoms with Crippen molar-refractivity contribution in [2.75, 3.05) is 19.6 Å². The van der Waals surface area contributed by atoms with E-state index in [9.17, 15) is 14.9 Å². The van der Waals surface area contributed by atoms with E-state index < -0.39 is 4.92 Å². The Kier molecular flexibility index (Phi) is 7.25. The third kappa shape index (κ3) is 5.07. The van der Waals surface area contributed by atoms with Crippen LogP contribution in [0.3, 0.4) is 0 Å². The number of nitro benzene ring substituents is 1. The molecule has 23 heavy (non-hydrogen) atoms. The molecule has 128 valence electrons. The number of piperidine rings is 1. The molecule has 8 heteroatoms. The van der Waals surface area contributed by atoms with Crippen LogP contribution in [0.1, 0.15) is 19.8 Å². The summed E-state index contributed by atoms with van der Waals surface area (Å²) in [6.07, 6.45) is 1.53. The van der Waals surface area contributed by atoms with E-state index >= 15 is 0 Å². The Hall–Kier alpha value is -1.86. The highest BCUT2D eigenvalue weighted by atomic mass is 35.5. The molecule has 2 rings (SSSR count). The van der Waals surface area contributed by atoms with Crippen molar-refractivity contribution in [3.8, 4) is 5.75 Å². The van der Waals surface area contributed by atoms with Crippen molar-refractivity contribution in [1.29, 1.82) is 0 Å². The maximum atomic E-state index is 12.0. The molecule has 1 heterocycles. The van der Waals surface area contributed by atoms with Crippen LogP contribution in [0.2, 0.25) is 0 Å². The van der Waals surface area contributed by atoms with Gasteiger partial charge < -0.3 is 15.4 Å². The van der Waals surface area contributed by atoms with Crippen LogP contribution in [0.5, 0.6) is 5.75 Å². The van der Waals surface area contributed by atoms with Gasteiger partial charge in [-0.3, -0.25) is 14.9 Å². The second-order valence-corrected chi connectivity index (χ2v) is 5.53. The van der Waals surface area contributed by atoms with Crippen LogP contribution in [0, 0.1) is 16.0 Å². The summed E-state index contributed by atoms with van der Waals surface area (Å²) < 4.78 is 5.82. The smallest absolute Gasteiger partial charge is 0.269 e. The number of ether oxygens (including phenoxy) is 1. The fraction of sp³-hybridized carbons (Fsp3) is 0.533. The number of amides is 1. The van der Waals surface area contributed by atoms with Crippen LogP contribution in [0.25, 0.3) is 0 Å². The fourth-order valence-electron chi connectivity index (χ4n) is 2.45. The molecule has 0 spiro atoms. The molecule has 1 atom stereocenters. The Bertz CT molecular complexity index is 530. The van der Waals surface area contributed by atoms with Crippen LogP contribution in [0.4, 0.5) is 5.69 Å². The molecular formula is C15H22ClN3O4. The number of carbonyl (C=O) groups is 1. The standard InChI is InChI=1S/C15H21N3O4.ClH/c1-11(10-16)15(19)17-8-6-14(7-9-17)22-13-4-2-12(3-5-13)18(20)21;/h2-5,11,14H,6-10,16H2,1H3;1H. The van der Waals surface area contributed by atoms with Gasteiger partial charge in [-0.15, -0.1) is 12.4 Å². The molecule has 1 aromatic rings. The Morgan fingerprint density at radius 1 is 1.39 bits per heavy atom. The van der Waals surface area contributed by atoms with E-state index in [0.717, 1.165) is 12.8 Å². The van der Waals surface area contributed by atoms with Gasteiger partial charge in [-0.25, -0.2) is 0 Å². The van der Waals surface area contributed by atoms with Crippen LogP contribution < -0.4 is 10.5 Å². The van der Waals surface area contributed by atoms with Gasteiger partial charge in [0, 0.05) is 50.5 Å². The maximum absolute atomic E-state index is 12.0. The van der Waals surface area contributed by atoms with Crippen molar-refractivity contribution in [3.63, 3.8) is 0 Å². The summed E-state index contributed by atoms with van der Waals surface area (Å²) >= 11 is 0. The molecule has 1 aromatic carbocycles. The van der Waals surface area contributed by atoms with Crippen LogP contribution in [-0.2, 0) is 4.79 Å². The van der Waals surface area contributed by atoms with Gasteiger partial charge >= 0.3 is 0 Å². The zero-order chi connectivity index (χ0) is 16.1. The Morgan fingerprint density at radius 3 is 2.43 bits per heavy atom. The fourth-order valence-corrected chi connectivity index (χ4v) is 2.45. The lowest BCUT2D eigenvalue weighted by Gasteiger charge is -2.33. The van der Waals surface area contributed by atoms with Crippen molar-refractivity contribution >= 4 is 24.0 Å². The van der Waals surface area contributed by atoms with E-state index in [1.54, 1.807) is 12.1 Å². The van der Waals surface area contributed by atoms with E-state index in [1.165, 1.54) is 12.1 Å². The summed E-state index contributed by atoms with van der Waals surface area (Å²) in [5.41, 5.74) is 5.57. The molecule has 1 aliphatic rings. The van der Waals surface area contributed by atoms with Crippen molar-refractivity contribution < 1.29 is 14.5 Å². The molecule has 0 radical (unpaired) electrons. The summed E-state index contributed by atoms with van der Waals surface area (Å²) in [6, 6.07) is 6.06. The van der Waals surface area contributed by atoms with Gasteiger partial charge in [-0.1, -0.05) is 6.92 Å². The Labute approximate surface area is 141 Å². The first-order chi connectivity index (χ1) is 10.5. The molecule has 1 amide bonds. The van der Waals surface area contributed by atoms with Gasteiger partial charge in [0.2, 0.25) is 5.91 Å². The van der Waals surface area contributed by atoms with E-state index in [-0.39, 0.29) is 36.0 Å². The van der Waals surface area contributed by atoms with Crippen LogP contribution in [0.15, 0.2) is 24.3 Å². The molecule has 0 aliphatic carbocycles. The van der Waals surface area contributed by atoms with Crippen molar-refractivity contribution in [3.05, 3.63) is 34.4 Å². The number of hydrogen-bond acceptors (Lipinski definition) is 5. The number of likely N-dealkylation sites (tertiary alicyclic amines) is 1. The Morgan fingerprint density at radius 2 is 1.96 bits per heavy atom. The number of halogens is 1. The number of nitrogens with two attached hydrogens (primary N) is 1. The molecule has 2 N–H and O–H groups in total. The Balaban J connectivity index is 0.00000264. The first-order valence-electron chi connectivity index (χ1n) is 7.41. The predicted molar refractivity (Wildman–Crippen MR) is 88.8 cm³/mol. The molecule has 0 saturated carbocycles. The van der Waals surface area contributed by atoms with E-state index in [1.807, 2.05) is 11.8 Å². The van der Waals surface area contributed by atoms with Gasteiger partial charge in [0.1, 0.15) is 11.9 Å². The predicted octanol–water partition coefficient (Wildman–Crippen LogP) is 1.98. The highest BCUT2D eigenvalue weighted by Crippen LogP contribution is 2.22. The third-order valence-corrected chi connectivity index (χ3v) is 3.88. The molecule has 1 aliphatic heterocycles. The average molecular weight is 344 g/mol. The molecule has 7 nitrogen and oxygen atoms in total. The molecule has 1 saturated heterocycles. The van der Waals surface area contributed by atoms with E-state index in [4.69, 9.17) is 10.5 Å². The lowest BCUT2D eigenvalue weighted by Crippen LogP contribution is -2.45. The minimum absolute atomic E-state index is 0. The van der Waals surface area contributed by atoms with E-state index in [2.05, 4.69) is 0 Å². The SMILES string of the molecule is CC(CN)C(=O)N1CCC(Oc2ccc([N+](=O)[O-])cc2)CC1.Cl. The van der Waals surface area contributed by atoms with Gasteiger partial charge in [-0.2, -0.15) is 0 Å². The molecular weight excluding hydrogens is 322 g/mol. The number of rotatable bonds is 5. The number of nitro groups is 1. The van der Waals surface area contributed by atoms with Gasteiger partial charge in [-0.05, 0) is 12.1 Å². The topological polar surface area (TPSA) is 98.7 Å². The maximum Gasteiger partial charge on any atom is 0.269 e. The molecule has 1 fully saturated rings.